The van der Waals surface area contributed by atoms with Gasteiger partial charge >= 0.3 is 0 Å². The van der Waals surface area contributed by atoms with Gasteiger partial charge < -0.3 is 10.1 Å². The third kappa shape index (κ3) is 3.08. The van der Waals surface area contributed by atoms with Crippen LogP contribution in [0.4, 0.5) is 0 Å². The highest BCUT2D eigenvalue weighted by Crippen LogP contribution is 2.34. The number of nitrogens with one attached hydrogen (secondary N) is 1. The van der Waals surface area contributed by atoms with E-state index in [4.69, 9.17) is 4.74 Å². The average molecular weight is 329 g/mol. The first-order chi connectivity index (χ1) is 11.7. The topological polar surface area (TPSA) is 74.0 Å². The maximum atomic E-state index is 12.4. The van der Waals surface area contributed by atoms with Crippen molar-refractivity contribution in [2.75, 3.05) is 13.2 Å². The minimum atomic E-state index is -0.0590. The summed E-state index contributed by atoms with van der Waals surface area (Å²) >= 11 is 0. The molecule has 1 N–H and O–H groups in total. The van der Waals surface area contributed by atoms with E-state index in [9.17, 15) is 4.79 Å². The number of hydrogen-bond acceptors (Lipinski definition) is 4. The van der Waals surface area contributed by atoms with Crippen molar-refractivity contribution in [3.63, 3.8) is 0 Å². The molecule has 2 aromatic heterocycles. The Kier molecular flexibility index (Phi) is 4.10. The minimum Gasteiger partial charge on any atom is -0.372 e. The average Bonchev–Trinajstić information content (AvgIpc) is 3.17. The van der Waals surface area contributed by atoms with Crippen LogP contribution in [0.5, 0.6) is 0 Å². The van der Waals surface area contributed by atoms with E-state index in [0.29, 0.717) is 18.2 Å². The fourth-order valence-corrected chi connectivity index (χ4v) is 3.36. The molecule has 1 saturated heterocycles. The Balaban J connectivity index is 1.39. The SMILES string of the molecule is Cn1nccc1[C@@H]1OCCC[C@H]1CNC(=O)c1cnn(C2CC2)c1. The van der Waals surface area contributed by atoms with Gasteiger partial charge in [0.1, 0.15) is 6.10 Å². The molecule has 0 unspecified atom stereocenters. The summed E-state index contributed by atoms with van der Waals surface area (Å²) in [6.45, 7) is 1.36. The van der Waals surface area contributed by atoms with E-state index in [1.165, 1.54) is 0 Å². The van der Waals surface area contributed by atoms with Crippen LogP contribution in [-0.4, -0.2) is 38.6 Å². The standard InChI is InChI=1S/C17H23N5O2/c1-21-15(6-7-19-21)16-12(3-2-8-24-16)9-18-17(23)13-10-20-22(11-13)14-4-5-14/h6-7,10-12,14,16H,2-5,8-9H2,1H3,(H,18,23)/t12-,16+/m0/s1. The van der Waals surface area contributed by atoms with Crippen LogP contribution in [-0.2, 0) is 11.8 Å². The van der Waals surface area contributed by atoms with Gasteiger partial charge in [-0.1, -0.05) is 0 Å². The maximum Gasteiger partial charge on any atom is 0.254 e. The largest absolute Gasteiger partial charge is 0.372 e. The van der Waals surface area contributed by atoms with Crippen molar-refractivity contribution < 1.29 is 9.53 Å². The smallest absolute Gasteiger partial charge is 0.254 e. The summed E-state index contributed by atoms with van der Waals surface area (Å²) < 4.78 is 9.72. The van der Waals surface area contributed by atoms with Gasteiger partial charge in [0.25, 0.3) is 5.91 Å². The number of ether oxygens (including phenoxy) is 1. The Morgan fingerprint density at radius 2 is 2.25 bits per heavy atom. The maximum absolute atomic E-state index is 12.4. The third-order valence-corrected chi connectivity index (χ3v) is 4.90. The van der Waals surface area contributed by atoms with Gasteiger partial charge in [-0.3, -0.25) is 14.2 Å². The highest BCUT2D eigenvalue weighted by molar-refractivity contribution is 5.93. The van der Waals surface area contributed by atoms with Crippen molar-refractivity contribution in [2.24, 2.45) is 13.0 Å². The van der Waals surface area contributed by atoms with E-state index < -0.39 is 0 Å². The molecule has 7 nitrogen and oxygen atoms in total. The summed E-state index contributed by atoms with van der Waals surface area (Å²) in [5.41, 5.74) is 1.70. The van der Waals surface area contributed by atoms with E-state index in [1.54, 1.807) is 12.4 Å². The molecule has 0 radical (unpaired) electrons. The summed E-state index contributed by atoms with van der Waals surface area (Å²) in [5, 5.41) is 11.6. The Morgan fingerprint density at radius 3 is 3.00 bits per heavy atom. The molecule has 0 spiro atoms. The van der Waals surface area contributed by atoms with Crippen LogP contribution in [0.15, 0.2) is 24.7 Å². The summed E-state index contributed by atoms with van der Waals surface area (Å²) in [4.78, 5) is 12.4. The van der Waals surface area contributed by atoms with Gasteiger partial charge in [-0.05, 0) is 31.7 Å². The van der Waals surface area contributed by atoms with E-state index in [0.717, 1.165) is 38.0 Å². The van der Waals surface area contributed by atoms with Crippen LogP contribution in [0.3, 0.4) is 0 Å². The summed E-state index contributed by atoms with van der Waals surface area (Å²) in [7, 11) is 1.93. The lowest BCUT2D eigenvalue weighted by Gasteiger charge is -2.31. The molecule has 24 heavy (non-hydrogen) atoms. The Labute approximate surface area is 141 Å². The molecule has 2 atom stereocenters. The van der Waals surface area contributed by atoms with Crippen molar-refractivity contribution in [3.05, 3.63) is 35.9 Å². The molecule has 1 aliphatic heterocycles. The summed E-state index contributed by atoms with van der Waals surface area (Å²) in [6.07, 6.45) is 9.66. The van der Waals surface area contributed by atoms with Crippen molar-refractivity contribution >= 4 is 5.91 Å². The molecule has 2 fully saturated rings. The van der Waals surface area contributed by atoms with Gasteiger partial charge in [-0.2, -0.15) is 10.2 Å². The van der Waals surface area contributed by atoms with Crippen LogP contribution in [0.2, 0.25) is 0 Å². The normalized spacial score (nSPS) is 24.0. The number of hydrogen-bond donors (Lipinski definition) is 1. The molecule has 1 amide bonds. The van der Waals surface area contributed by atoms with Gasteiger partial charge in [0.2, 0.25) is 0 Å². The lowest BCUT2D eigenvalue weighted by molar-refractivity contribution is -0.0317. The number of amides is 1. The van der Waals surface area contributed by atoms with E-state index in [-0.39, 0.29) is 17.9 Å². The monoisotopic (exact) mass is 329 g/mol. The van der Waals surface area contributed by atoms with Crippen LogP contribution in [0.1, 0.15) is 53.9 Å². The molecule has 2 aliphatic rings. The quantitative estimate of drug-likeness (QED) is 0.908. The number of carbonyl (C=O) groups excluding carboxylic acids is 1. The second kappa shape index (κ2) is 6.39. The molecule has 3 heterocycles. The molecule has 0 bridgehead atoms. The molecule has 7 heteroatoms. The van der Waals surface area contributed by atoms with Gasteiger partial charge in [-0.15, -0.1) is 0 Å². The zero-order valence-corrected chi connectivity index (χ0v) is 13.9. The minimum absolute atomic E-state index is 0.0132. The van der Waals surface area contributed by atoms with Crippen molar-refractivity contribution in [2.45, 2.75) is 37.8 Å². The zero-order valence-electron chi connectivity index (χ0n) is 13.9. The number of aryl methyl sites for hydroxylation is 1. The Morgan fingerprint density at radius 1 is 1.38 bits per heavy atom. The first-order valence-corrected chi connectivity index (χ1v) is 8.64. The predicted octanol–water partition coefficient (Wildman–Crippen LogP) is 1.85. The summed E-state index contributed by atoms with van der Waals surface area (Å²) in [6, 6.07) is 2.48. The van der Waals surface area contributed by atoms with Gasteiger partial charge in [0.15, 0.2) is 0 Å². The van der Waals surface area contributed by atoms with Crippen molar-refractivity contribution in [1.29, 1.82) is 0 Å². The fraction of sp³-hybridized carbons (Fsp3) is 0.588. The number of carbonyl (C=O) groups is 1. The Hall–Kier alpha value is -2.15. The van der Waals surface area contributed by atoms with E-state index in [1.807, 2.05) is 28.7 Å². The van der Waals surface area contributed by atoms with Gasteiger partial charge in [0, 0.05) is 38.5 Å². The highest BCUT2D eigenvalue weighted by atomic mass is 16.5. The molecular weight excluding hydrogens is 306 g/mol. The summed E-state index contributed by atoms with van der Waals surface area (Å²) in [5.74, 6) is 0.202. The number of aromatic nitrogens is 4. The molecule has 2 aromatic rings. The fourth-order valence-electron chi connectivity index (χ4n) is 3.36. The van der Waals surface area contributed by atoms with E-state index in [2.05, 4.69) is 15.5 Å². The molecule has 1 saturated carbocycles. The molecule has 128 valence electrons. The lowest BCUT2D eigenvalue weighted by Crippen LogP contribution is -2.35. The second-order valence-corrected chi connectivity index (χ2v) is 6.72. The van der Waals surface area contributed by atoms with Gasteiger partial charge in [0.05, 0.1) is 23.5 Å². The van der Waals surface area contributed by atoms with Crippen LogP contribution < -0.4 is 5.32 Å². The zero-order chi connectivity index (χ0) is 16.5. The predicted molar refractivity (Wildman–Crippen MR) is 87.5 cm³/mol. The third-order valence-electron chi connectivity index (χ3n) is 4.90. The molecule has 4 rings (SSSR count). The van der Waals surface area contributed by atoms with Crippen molar-refractivity contribution in [3.8, 4) is 0 Å². The van der Waals surface area contributed by atoms with Crippen LogP contribution >= 0.6 is 0 Å². The second-order valence-electron chi connectivity index (χ2n) is 6.72. The number of rotatable bonds is 5. The van der Waals surface area contributed by atoms with Gasteiger partial charge in [-0.25, -0.2) is 0 Å². The Bertz CT molecular complexity index is 718. The van der Waals surface area contributed by atoms with Crippen molar-refractivity contribution in [1.82, 2.24) is 24.9 Å². The first kappa shape index (κ1) is 15.4. The van der Waals surface area contributed by atoms with Crippen LogP contribution in [0, 0.1) is 5.92 Å². The van der Waals surface area contributed by atoms with Crippen LogP contribution in [0.25, 0.3) is 0 Å². The molecule has 1 aliphatic carbocycles. The molecular formula is C17H23N5O2. The number of nitrogens with zero attached hydrogens (tertiary/aromatic N) is 4. The molecule has 0 aromatic carbocycles. The lowest BCUT2D eigenvalue weighted by atomic mass is 9.92. The van der Waals surface area contributed by atoms with E-state index >= 15 is 0 Å². The first-order valence-electron chi connectivity index (χ1n) is 8.64. The highest BCUT2D eigenvalue weighted by Gasteiger charge is 2.30.